The first-order chi connectivity index (χ1) is 15.3. The van der Waals surface area contributed by atoms with Crippen LogP contribution in [-0.2, 0) is 9.47 Å². The minimum absolute atomic E-state index is 0.132. The molecule has 0 bridgehead atoms. The van der Waals surface area contributed by atoms with Crippen LogP contribution in [-0.4, -0.2) is 63.5 Å². The Hall–Kier alpha value is -3.16. The normalized spacial score (nSPS) is 17.0. The van der Waals surface area contributed by atoms with Gasteiger partial charge in [0, 0.05) is 42.9 Å². The van der Waals surface area contributed by atoms with Gasteiger partial charge in [0.1, 0.15) is 5.82 Å². The molecule has 0 unspecified atom stereocenters. The molecule has 0 atom stereocenters. The molecule has 3 aromatic rings. The molecule has 7 heteroatoms. The maximum Gasteiger partial charge on any atom is 0.256 e. The van der Waals surface area contributed by atoms with E-state index < -0.39 is 0 Å². The van der Waals surface area contributed by atoms with Gasteiger partial charge in [0.2, 0.25) is 0 Å². The summed E-state index contributed by atoms with van der Waals surface area (Å²) in [6, 6.07) is 17.7. The third-order valence-electron chi connectivity index (χ3n) is 5.78. The lowest BCUT2D eigenvalue weighted by Crippen LogP contribution is -2.37. The largest absolute Gasteiger partial charge is 0.378 e. The van der Waals surface area contributed by atoms with E-state index in [1.807, 2.05) is 54.6 Å². The zero-order chi connectivity index (χ0) is 21.0. The Labute approximate surface area is 181 Å². The van der Waals surface area contributed by atoms with E-state index in [-0.39, 0.29) is 5.91 Å². The van der Waals surface area contributed by atoms with Crippen LogP contribution in [0.2, 0.25) is 0 Å². The second-order valence-corrected chi connectivity index (χ2v) is 7.75. The van der Waals surface area contributed by atoms with Crippen LogP contribution in [0.25, 0.3) is 10.9 Å². The third-order valence-corrected chi connectivity index (χ3v) is 5.78. The lowest BCUT2D eigenvalue weighted by molar-refractivity contribution is 0.102. The Morgan fingerprint density at radius 1 is 0.839 bits per heavy atom. The first kappa shape index (κ1) is 19.8. The summed E-state index contributed by atoms with van der Waals surface area (Å²) in [5, 5.41) is 3.91. The van der Waals surface area contributed by atoms with Crippen molar-refractivity contribution in [3.8, 4) is 0 Å². The predicted molar refractivity (Wildman–Crippen MR) is 122 cm³/mol. The summed E-state index contributed by atoms with van der Waals surface area (Å²) in [5.41, 5.74) is 3.37. The topological polar surface area (TPSA) is 66.9 Å². The molecule has 1 aromatic heterocycles. The molecule has 3 heterocycles. The SMILES string of the molecule is O=C(Nc1ccc(N2CCOCC2)cc1)c1cc(N2CCOCC2)nc2ccccc12. The maximum absolute atomic E-state index is 13.2. The highest BCUT2D eigenvalue weighted by Crippen LogP contribution is 2.25. The van der Waals surface area contributed by atoms with Crippen molar-refractivity contribution in [3.05, 3.63) is 60.2 Å². The van der Waals surface area contributed by atoms with Crippen molar-refractivity contribution >= 4 is 34.0 Å². The molecule has 2 aliphatic rings. The first-order valence-electron chi connectivity index (χ1n) is 10.7. The monoisotopic (exact) mass is 418 g/mol. The van der Waals surface area contributed by atoms with Gasteiger partial charge in [0.25, 0.3) is 5.91 Å². The number of rotatable bonds is 4. The fraction of sp³-hybridized carbons (Fsp3) is 0.333. The summed E-state index contributed by atoms with van der Waals surface area (Å²) in [6.45, 7) is 6.16. The number of nitrogens with zero attached hydrogens (tertiary/aromatic N) is 3. The molecule has 2 aliphatic heterocycles. The fourth-order valence-electron chi connectivity index (χ4n) is 4.08. The number of ether oxygens (including phenoxy) is 2. The lowest BCUT2D eigenvalue weighted by atomic mass is 10.1. The van der Waals surface area contributed by atoms with Crippen LogP contribution in [0.4, 0.5) is 17.2 Å². The van der Waals surface area contributed by atoms with Crippen molar-refractivity contribution in [1.82, 2.24) is 4.98 Å². The van der Waals surface area contributed by atoms with Crippen LogP contribution in [0, 0.1) is 0 Å². The fourth-order valence-corrected chi connectivity index (χ4v) is 4.08. The maximum atomic E-state index is 13.2. The molecular formula is C24H26N4O3. The van der Waals surface area contributed by atoms with E-state index >= 15 is 0 Å². The summed E-state index contributed by atoms with van der Waals surface area (Å²) in [5.74, 6) is 0.682. The predicted octanol–water partition coefficient (Wildman–Crippen LogP) is 3.16. The molecule has 2 fully saturated rings. The number of hydrogen-bond acceptors (Lipinski definition) is 6. The summed E-state index contributed by atoms with van der Waals surface area (Å²) >= 11 is 0. The molecular weight excluding hydrogens is 392 g/mol. The van der Waals surface area contributed by atoms with Gasteiger partial charge in [0.15, 0.2) is 0 Å². The number of anilines is 3. The number of benzene rings is 2. The Bertz CT molecular complexity index is 1060. The van der Waals surface area contributed by atoms with Crippen molar-refractivity contribution < 1.29 is 14.3 Å². The molecule has 1 N–H and O–H groups in total. The summed E-state index contributed by atoms with van der Waals surface area (Å²) in [6.07, 6.45) is 0. The zero-order valence-electron chi connectivity index (χ0n) is 17.4. The van der Waals surface area contributed by atoms with Gasteiger partial charge in [-0.1, -0.05) is 18.2 Å². The molecule has 2 saturated heterocycles. The molecule has 160 valence electrons. The van der Waals surface area contributed by atoms with Crippen molar-refractivity contribution in [2.24, 2.45) is 0 Å². The standard InChI is InChI=1S/C24H26N4O3/c29-24(25-18-5-7-19(8-6-18)27-9-13-30-14-10-27)21-17-23(28-11-15-31-16-12-28)26-22-4-2-1-3-20(21)22/h1-8,17H,9-16H2,(H,25,29). The van der Waals surface area contributed by atoms with Crippen LogP contribution in [0.1, 0.15) is 10.4 Å². The molecule has 2 aromatic carbocycles. The number of nitrogens with one attached hydrogen (secondary N) is 1. The molecule has 7 nitrogen and oxygen atoms in total. The van der Waals surface area contributed by atoms with E-state index in [9.17, 15) is 4.79 Å². The molecule has 5 rings (SSSR count). The van der Waals surface area contributed by atoms with Gasteiger partial charge in [-0.25, -0.2) is 4.98 Å². The first-order valence-corrected chi connectivity index (χ1v) is 10.7. The third kappa shape index (κ3) is 4.33. The molecule has 1 amide bonds. The van der Waals surface area contributed by atoms with Gasteiger partial charge >= 0.3 is 0 Å². The van der Waals surface area contributed by atoms with E-state index in [0.29, 0.717) is 18.8 Å². The van der Waals surface area contributed by atoms with Crippen LogP contribution in [0.3, 0.4) is 0 Å². The highest BCUT2D eigenvalue weighted by molar-refractivity contribution is 6.13. The van der Waals surface area contributed by atoms with Crippen LogP contribution in [0.15, 0.2) is 54.6 Å². The molecule has 0 spiro atoms. The molecule has 0 saturated carbocycles. The van der Waals surface area contributed by atoms with Crippen LogP contribution in [0.5, 0.6) is 0 Å². The van der Waals surface area contributed by atoms with E-state index in [1.54, 1.807) is 0 Å². The second kappa shape index (κ2) is 8.91. The van der Waals surface area contributed by atoms with Crippen molar-refractivity contribution in [2.75, 3.05) is 67.7 Å². The Kier molecular flexibility index (Phi) is 5.69. The van der Waals surface area contributed by atoms with Crippen LogP contribution >= 0.6 is 0 Å². The second-order valence-electron chi connectivity index (χ2n) is 7.75. The number of carbonyl (C=O) groups is 1. The lowest BCUT2D eigenvalue weighted by Gasteiger charge is -2.29. The van der Waals surface area contributed by atoms with E-state index in [2.05, 4.69) is 15.1 Å². The van der Waals surface area contributed by atoms with E-state index in [0.717, 1.165) is 67.5 Å². The average Bonchev–Trinajstić information content (AvgIpc) is 2.85. The smallest absolute Gasteiger partial charge is 0.256 e. The summed E-state index contributed by atoms with van der Waals surface area (Å²) in [4.78, 5) is 22.5. The number of hydrogen-bond donors (Lipinski definition) is 1. The number of para-hydroxylation sites is 1. The number of amides is 1. The van der Waals surface area contributed by atoms with Crippen molar-refractivity contribution in [1.29, 1.82) is 0 Å². The molecule has 0 radical (unpaired) electrons. The Morgan fingerprint density at radius 2 is 1.48 bits per heavy atom. The van der Waals surface area contributed by atoms with Gasteiger partial charge in [-0.05, 0) is 36.4 Å². The highest BCUT2D eigenvalue weighted by atomic mass is 16.5. The Balaban J connectivity index is 1.39. The number of aromatic nitrogens is 1. The quantitative estimate of drug-likeness (QED) is 0.702. The zero-order valence-corrected chi connectivity index (χ0v) is 17.4. The minimum Gasteiger partial charge on any atom is -0.378 e. The van der Waals surface area contributed by atoms with Gasteiger partial charge in [-0.2, -0.15) is 0 Å². The minimum atomic E-state index is -0.132. The van der Waals surface area contributed by atoms with Crippen molar-refractivity contribution in [3.63, 3.8) is 0 Å². The van der Waals surface area contributed by atoms with Gasteiger partial charge < -0.3 is 24.6 Å². The molecule has 0 aliphatic carbocycles. The summed E-state index contributed by atoms with van der Waals surface area (Å²) in [7, 11) is 0. The van der Waals surface area contributed by atoms with Gasteiger partial charge in [-0.3, -0.25) is 4.79 Å². The number of carbonyl (C=O) groups excluding carboxylic acids is 1. The van der Waals surface area contributed by atoms with Gasteiger partial charge in [-0.15, -0.1) is 0 Å². The van der Waals surface area contributed by atoms with E-state index in [1.165, 1.54) is 0 Å². The number of pyridine rings is 1. The average molecular weight is 418 g/mol. The number of fused-ring (bicyclic) bond motifs is 1. The Morgan fingerprint density at radius 3 is 2.19 bits per heavy atom. The highest BCUT2D eigenvalue weighted by Gasteiger charge is 2.18. The van der Waals surface area contributed by atoms with Crippen LogP contribution < -0.4 is 15.1 Å². The van der Waals surface area contributed by atoms with Crippen molar-refractivity contribution in [2.45, 2.75) is 0 Å². The van der Waals surface area contributed by atoms with Gasteiger partial charge in [0.05, 0.1) is 37.5 Å². The summed E-state index contributed by atoms with van der Waals surface area (Å²) < 4.78 is 10.9. The van der Waals surface area contributed by atoms with E-state index in [4.69, 9.17) is 14.5 Å². The molecule has 31 heavy (non-hydrogen) atoms. The number of morpholine rings is 2.